The molecule has 6 heteroatoms. The van der Waals surface area contributed by atoms with E-state index in [-0.39, 0.29) is 11.6 Å². The largest absolute Gasteiger partial charge is 0.355 e. The van der Waals surface area contributed by atoms with Crippen LogP contribution in [0, 0.1) is 0 Å². The number of benzene rings is 3. The summed E-state index contributed by atoms with van der Waals surface area (Å²) in [7, 11) is 0. The Morgan fingerprint density at radius 1 is 0.879 bits per heavy atom. The highest BCUT2D eigenvalue weighted by molar-refractivity contribution is 7.21. The Labute approximate surface area is 195 Å². The fourth-order valence-corrected chi connectivity index (χ4v) is 5.29. The lowest BCUT2D eigenvalue weighted by Gasteiger charge is -2.15. The highest BCUT2D eigenvalue weighted by atomic mass is 32.1. The van der Waals surface area contributed by atoms with Gasteiger partial charge in [-0.05, 0) is 67.1 Å². The van der Waals surface area contributed by atoms with Crippen LogP contribution in [0.1, 0.15) is 34.5 Å². The van der Waals surface area contributed by atoms with Crippen molar-refractivity contribution in [2.75, 3.05) is 5.32 Å². The molecule has 6 rings (SSSR count). The molecule has 162 valence electrons. The zero-order valence-electron chi connectivity index (χ0n) is 17.9. The number of para-hydroxylation sites is 1. The van der Waals surface area contributed by atoms with Gasteiger partial charge in [0.15, 0.2) is 11.5 Å². The molecule has 2 heterocycles. The van der Waals surface area contributed by atoms with Gasteiger partial charge in [-0.15, -0.1) is 11.3 Å². The summed E-state index contributed by atoms with van der Waals surface area (Å²) < 4.78 is 6.65. The summed E-state index contributed by atoms with van der Waals surface area (Å²) in [5, 5.41) is 7.86. The summed E-state index contributed by atoms with van der Waals surface area (Å²) in [4.78, 5) is 17.5. The van der Waals surface area contributed by atoms with E-state index in [0.717, 1.165) is 39.2 Å². The lowest BCUT2D eigenvalue weighted by Crippen LogP contribution is -2.12. The zero-order chi connectivity index (χ0) is 22.2. The van der Waals surface area contributed by atoms with Crippen LogP contribution in [-0.2, 0) is 12.8 Å². The maximum Gasteiger partial charge on any atom is 0.277 e. The molecule has 5 nitrogen and oxygen atoms in total. The minimum atomic E-state index is -0.301. The van der Waals surface area contributed by atoms with E-state index in [9.17, 15) is 4.79 Å². The number of hydrogen-bond acceptors (Lipinski definition) is 5. The van der Waals surface area contributed by atoms with Crippen LogP contribution in [0.5, 0.6) is 0 Å². The monoisotopic (exact) mass is 451 g/mol. The molecule has 0 atom stereocenters. The first-order chi connectivity index (χ1) is 16.2. The zero-order valence-corrected chi connectivity index (χ0v) is 18.7. The predicted molar refractivity (Wildman–Crippen MR) is 132 cm³/mol. The molecule has 3 aromatic carbocycles. The third-order valence-corrected chi connectivity index (χ3v) is 7.12. The third-order valence-electron chi connectivity index (χ3n) is 6.04. The second kappa shape index (κ2) is 8.30. The van der Waals surface area contributed by atoms with Crippen molar-refractivity contribution < 1.29 is 9.32 Å². The number of aryl methyl sites for hydroxylation is 2. The number of nitrogens with one attached hydrogen (secondary N) is 1. The highest BCUT2D eigenvalue weighted by Crippen LogP contribution is 2.32. The van der Waals surface area contributed by atoms with Gasteiger partial charge < -0.3 is 9.84 Å². The van der Waals surface area contributed by atoms with Crippen molar-refractivity contribution in [3.05, 3.63) is 89.6 Å². The molecule has 33 heavy (non-hydrogen) atoms. The van der Waals surface area contributed by atoms with Crippen LogP contribution in [0.25, 0.3) is 32.1 Å². The molecule has 1 aliphatic carbocycles. The number of carbonyl (C=O) groups is 1. The van der Waals surface area contributed by atoms with Gasteiger partial charge in [0.25, 0.3) is 5.91 Å². The van der Waals surface area contributed by atoms with Gasteiger partial charge in [-0.3, -0.25) is 4.79 Å². The van der Waals surface area contributed by atoms with E-state index in [1.165, 1.54) is 24.0 Å². The van der Waals surface area contributed by atoms with Gasteiger partial charge in [0.1, 0.15) is 5.01 Å². The van der Waals surface area contributed by atoms with Crippen LogP contribution in [0.4, 0.5) is 5.69 Å². The Morgan fingerprint density at radius 3 is 2.67 bits per heavy atom. The molecule has 0 aliphatic heterocycles. The van der Waals surface area contributed by atoms with Crippen LogP contribution < -0.4 is 5.32 Å². The van der Waals surface area contributed by atoms with Crippen LogP contribution >= 0.6 is 11.3 Å². The molecule has 2 aromatic heterocycles. The van der Waals surface area contributed by atoms with Gasteiger partial charge in [-0.25, -0.2) is 4.98 Å². The predicted octanol–water partition coefficient (Wildman–Crippen LogP) is 6.75. The van der Waals surface area contributed by atoms with E-state index in [0.29, 0.717) is 11.4 Å². The van der Waals surface area contributed by atoms with Crippen LogP contribution in [0.15, 0.2) is 77.3 Å². The number of aromatic nitrogens is 2. The minimum absolute atomic E-state index is 0.258. The van der Waals surface area contributed by atoms with Gasteiger partial charge in [-0.2, -0.15) is 0 Å². The Kier molecular flexibility index (Phi) is 5.00. The summed E-state index contributed by atoms with van der Waals surface area (Å²) in [5.41, 5.74) is 6.62. The number of anilines is 1. The second-order valence-corrected chi connectivity index (χ2v) is 9.32. The standard InChI is InChI=1S/C27H21N3O2S/c31-26(23-16-24(32-30-23)19-13-12-17-6-1-2-7-18(17)14-19)28-21-9-5-8-20(15-21)27-29-22-10-3-4-11-25(22)33-27/h3-5,8-16H,1-2,6-7H2,(H,28,31). The summed E-state index contributed by atoms with van der Waals surface area (Å²) in [5.74, 6) is 0.307. The van der Waals surface area contributed by atoms with E-state index in [2.05, 4.69) is 28.7 Å². The molecule has 1 N–H and O–H groups in total. The van der Waals surface area contributed by atoms with Crippen molar-refractivity contribution in [1.29, 1.82) is 0 Å². The number of carbonyl (C=O) groups excluding carboxylic acids is 1. The van der Waals surface area contributed by atoms with Gasteiger partial charge in [-0.1, -0.05) is 41.6 Å². The van der Waals surface area contributed by atoms with Gasteiger partial charge in [0.05, 0.1) is 10.2 Å². The van der Waals surface area contributed by atoms with Crippen LogP contribution in [0.3, 0.4) is 0 Å². The molecular weight excluding hydrogens is 430 g/mol. The SMILES string of the molecule is O=C(Nc1cccc(-c2nc3ccccc3s2)c1)c1cc(-c2ccc3c(c2)CCCC3)on1. The molecule has 0 fully saturated rings. The Hall–Kier alpha value is -3.77. The minimum Gasteiger partial charge on any atom is -0.355 e. The number of amides is 1. The highest BCUT2D eigenvalue weighted by Gasteiger charge is 2.17. The topological polar surface area (TPSA) is 68.0 Å². The molecule has 0 saturated heterocycles. The van der Waals surface area contributed by atoms with Crippen LogP contribution in [-0.4, -0.2) is 16.0 Å². The first-order valence-corrected chi connectivity index (χ1v) is 11.9. The number of hydrogen-bond donors (Lipinski definition) is 1. The third kappa shape index (κ3) is 3.94. The van der Waals surface area contributed by atoms with Crippen molar-refractivity contribution in [3.63, 3.8) is 0 Å². The first kappa shape index (κ1) is 19.9. The van der Waals surface area contributed by atoms with E-state index in [1.807, 2.05) is 48.5 Å². The quantitative estimate of drug-likeness (QED) is 0.328. The normalized spacial score (nSPS) is 13.1. The van der Waals surface area contributed by atoms with Crippen LogP contribution in [0.2, 0.25) is 0 Å². The van der Waals surface area contributed by atoms with Gasteiger partial charge >= 0.3 is 0 Å². The lowest BCUT2D eigenvalue weighted by molar-refractivity contribution is 0.101. The van der Waals surface area contributed by atoms with E-state index in [4.69, 9.17) is 9.51 Å². The molecule has 0 bridgehead atoms. The summed E-state index contributed by atoms with van der Waals surface area (Å²) >= 11 is 1.63. The van der Waals surface area contributed by atoms with Crippen molar-refractivity contribution in [3.8, 4) is 21.9 Å². The molecule has 0 saturated carbocycles. The Bertz CT molecular complexity index is 1450. The second-order valence-electron chi connectivity index (χ2n) is 8.29. The van der Waals surface area contributed by atoms with Gasteiger partial charge in [0.2, 0.25) is 0 Å². The van der Waals surface area contributed by atoms with E-state index in [1.54, 1.807) is 17.4 Å². The molecule has 0 spiro atoms. The average molecular weight is 452 g/mol. The fraction of sp³-hybridized carbons (Fsp3) is 0.148. The smallest absolute Gasteiger partial charge is 0.277 e. The lowest BCUT2D eigenvalue weighted by atomic mass is 9.90. The maximum atomic E-state index is 12.8. The molecule has 0 radical (unpaired) electrons. The average Bonchev–Trinajstić information content (AvgIpc) is 3.52. The molecule has 1 aliphatic rings. The number of thiazole rings is 1. The van der Waals surface area contributed by atoms with E-state index >= 15 is 0 Å². The molecule has 5 aromatic rings. The first-order valence-electron chi connectivity index (χ1n) is 11.1. The summed E-state index contributed by atoms with van der Waals surface area (Å²) in [6, 6.07) is 23.9. The fourth-order valence-electron chi connectivity index (χ4n) is 4.33. The van der Waals surface area contributed by atoms with Crippen molar-refractivity contribution in [2.24, 2.45) is 0 Å². The van der Waals surface area contributed by atoms with E-state index < -0.39 is 0 Å². The maximum absolute atomic E-state index is 12.8. The Balaban J connectivity index is 1.21. The molecular formula is C27H21N3O2S. The van der Waals surface area contributed by atoms with Gasteiger partial charge in [0, 0.05) is 22.9 Å². The number of nitrogens with zero attached hydrogens (tertiary/aromatic N) is 2. The molecule has 0 unspecified atom stereocenters. The van der Waals surface area contributed by atoms with Crippen molar-refractivity contribution in [2.45, 2.75) is 25.7 Å². The number of rotatable bonds is 4. The Morgan fingerprint density at radius 2 is 1.76 bits per heavy atom. The summed E-state index contributed by atoms with van der Waals surface area (Å²) in [6.45, 7) is 0. The molecule has 1 amide bonds. The van der Waals surface area contributed by atoms with Crippen molar-refractivity contribution >= 4 is 33.1 Å². The van der Waals surface area contributed by atoms with Crippen molar-refractivity contribution in [1.82, 2.24) is 10.1 Å². The number of fused-ring (bicyclic) bond motifs is 2. The summed E-state index contributed by atoms with van der Waals surface area (Å²) in [6.07, 6.45) is 4.70.